The second-order valence-electron chi connectivity index (χ2n) is 6.93. The summed E-state index contributed by atoms with van der Waals surface area (Å²) in [7, 11) is 0. The van der Waals surface area contributed by atoms with Crippen LogP contribution in [0.3, 0.4) is 0 Å². The fourth-order valence-corrected chi connectivity index (χ4v) is 3.28. The van der Waals surface area contributed by atoms with E-state index in [2.05, 4.69) is 5.32 Å². The van der Waals surface area contributed by atoms with E-state index >= 15 is 0 Å². The van der Waals surface area contributed by atoms with Gasteiger partial charge in [-0.15, -0.1) is 0 Å². The van der Waals surface area contributed by atoms with Gasteiger partial charge in [-0.3, -0.25) is 9.59 Å². The molecule has 2 aromatic carbocycles. The first-order valence-corrected chi connectivity index (χ1v) is 9.38. The topological polar surface area (TPSA) is 58.6 Å². The lowest BCUT2D eigenvalue weighted by Crippen LogP contribution is -2.34. The average Bonchev–Trinajstić information content (AvgIpc) is 3.06. The van der Waals surface area contributed by atoms with Gasteiger partial charge in [0.2, 0.25) is 11.8 Å². The van der Waals surface area contributed by atoms with E-state index in [0.29, 0.717) is 19.7 Å². The van der Waals surface area contributed by atoms with Gasteiger partial charge in [-0.25, -0.2) is 0 Å². The zero-order chi connectivity index (χ0) is 19.2. The Hall–Kier alpha value is -2.82. The second kappa shape index (κ2) is 8.71. The summed E-state index contributed by atoms with van der Waals surface area (Å²) in [4.78, 5) is 26.6. The highest BCUT2D eigenvalue weighted by atomic mass is 16.5. The molecule has 1 saturated heterocycles. The number of ether oxygens (including phenoxy) is 1. The minimum absolute atomic E-state index is 0.0104. The number of para-hydroxylation sites is 1. The SMILES string of the molecule is Cc1cccc(N2CC(C(=O)NCCCOc3ccccc3)CC2=O)c1C. The molecule has 3 rings (SSSR count). The first kappa shape index (κ1) is 19.0. The van der Waals surface area contributed by atoms with Gasteiger partial charge in [0.15, 0.2) is 0 Å². The standard InChI is InChI=1S/C22H26N2O3/c1-16-8-6-11-20(17(16)2)24-15-18(14-21(24)25)22(26)23-12-7-13-27-19-9-4-3-5-10-19/h3-6,8-11,18H,7,12-15H2,1-2H3,(H,23,26). The predicted molar refractivity (Wildman–Crippen MR) is 106 cm³/mol. The summed E-state index contributed by atoms with van der Waals surface area (Å²) in [6.45, 7) is 5.57. The van der Waals surface area contributed by atoms with E-state index in [4.69, 9.17) is 4.74 Å². The van der Waals surface area contributed by atoms with Crippen molar-refractivity contribution in [2.24, 2.45) is 5.92 Å². The van der Waals surface area contributed by atoms with Gasteiger partial charge in [0.05, 0.1) is 12.5 Å². The largest absolute Gasteiger partial charge is 0.494 e. The van der Waals surface area contributed by atoms with Crippen LogP contribution in [0.4, 0.5) is 5.69 Å². The molecule has 27 heavy (non-hydrogen) atoms. The monoisotopic (exact) mass is 366 g/mol. The number of hydrogen-bond acceptors (Lipinski definition) is 3. The van der Waals surface area contributed by atoms with Crippen molar-refractivity contribution in [1.29, 1.82) is 0 Å². The van der Waals surface area contributed by atoms with Crippen LogP contribution in [-0.2, 0) is 9.59 Å². The van der Waals surface area contributed by atoms with Crippen molar-refractivity contribution in [3.63, 3.8) is 0 Å². The maximum Gasteiger partial charge on any atom is 0.227 e. The Morgan fingerprint density at radius 1 is 1.15 bits per heavy atom. The fraction of sp³-hybridized carbons (Fsp3) is 0.364. The zero-order valence-corrected chi connectivity index (χ0v) is 15.9. The van der Waals surface area contributed by atoms with Crippen molar-refractivity contribution in [3.05, 3.63) is 59.7 Å². The van der Waals surface area contributed by atoms with Crippen LogP contribution in [0.25, 0.3) is 0 Å². The van der Waals surface area contributed by atoms with E-state index in [0.717, 1.165) is 29.0 Å². The first-order chi connectivity index (χ1) is 13.1. The number of benzene rings is 2. The van der Waals surface area contributed by atoms with E-state index in [-0.39, 0.29) is 24.2 Å². The number of hydrogen-bond donors (Lipinski definition) is 1. The number of carbonyl (C=O) groups is 2. The summed E-state index contributed by atoms with van der Waals surface area (Å²) in [5.41, 5.74) is 3.14. The van der Waals surface area contributed by atoms with E-state index in [1.165, 1.54) is 0 Å². The maximum absolute atomic E-state index is 12.4. The molecule has 0 aliphatic carbocycles. The molecule has 1 N–H and O–H groups in total. The third-order valence-electron chi connectivity index (χ3n) is 4.99. The van der Waals surface area contributed by atoms with Crippen molar-refractivity contribution >= 4 is 17.5 Å². The Balaban J connectivity index is 1.45. The first-order valence-electron chi connectivity index (χ1n) is 9.38. The predicted octanol–water partition coefficient (Wildman–Crippen LogP) is 3.24. The normalized spacial score (nSPS) is 16.4. The summed E-state index contributed by atoms with van der Waals surface area (Å²) in [5, 5.41) is 2.93. The van der Waals surface area contributed by atoms with E-state index in [1.807, 2.05) is 62.4 Å². The molecule has 1 fully saturated rings. The van der Waals surface area contributed by atoms with Crippen molar-refractivity contribution in [1.82, 2.24) is 5.32 Å². The molecule has 1 atom stereocenters. The quantitative estimate of drug-likeness (QED) is 0.766. The smallest absolute Gasteiger partial charge is 0.227 e. The molecule has 2 aromatic rings. The third kappa shape index (κ3) is 4.67. The average molecular weight is 366 g/mol. The number of anilines is 1. The Bertz CT molecular complexity index is 804. The minimum atomic E-state index is -0.299. The summed E-state index contributed by atoms with van der Waals surface area (Å²) in [6.07, 6.45) is 0.988. The molecule has 142 valence electrons. The van der Waals surface area contributed by atoms with Gasteiger partial charge in [-0.1, -0.05) is 30.3 Å². The molecule has 2 amide bonds. The van der Waals surface area contributed by atoms with Crippen LogP contribution in [0, 0.1) is 19.8 Å². The van der Waals surface area contributed by atoms with E-state index in [9.17, 15) is 9.59 Å². The Morgan fingerprint density at radius 2 is 1.93 bits per heavy atom. The van der Waals surface area contributed by atoms with Gasteiger partial charge in [-0.05, 0) is 49.6 Å². The Morgan fingerprint density at radius 3 is 2.70 bits per heavy atom. The molecular formula is C22H26N2O3. The Labute approximate surface area is 160 Å². The highest BCUT2D eigenvalue weighted by Gasteiger charge is 2.35. The number of carbonyl (C=O) groups excluding carboxylic acids is 2. The molecule has 1 aliphatic rings. The van der Waals surface area contributed by atoms with Crippen LogP contribution in [0.2, 0.25) is 0 Å². The van der Waals surface area contributed by atoms with Gasteiger partial charge < -0.3 is 15.0 Å². The summed E-state index contributed by atoms with van der Waals surface area (Å²) < 4.78 is 5.62. The minimum Gasteiger partial charge on any atom is -0.494 e. The maximum atomic E-state index is 12.4. The van der Waals surface area contributed by atoms with Gasteiger partial charge in [0.25, 0.3) is 0 Å². The number of nitrogens with one attached hydrogen (secondary N) is 1. The van der Waals surface area contributed by atoms with Crippen LogP contribution in [0.1, 0.15) is 24.0 Å². The molecule has 5 nitrogen and oxygen atoms in total. The van der Waals surface area contributed by atoms with E-state index in [1.54, 1.807) is 4.90 Å². The van der Waals surface area contributed by atoms with Crippen LogP contribution in [0.15, 0.2) is 48.5 Å². The lowest BCUT2D eigenvalue weighted by Gasteiger charge is -2.20. The fourth-order valence-electron chi connectivity index (χ4n) is 3.28. The van der Waals surface area contributed by atoms with Crippen LogP contribution in [-0.4, -0.2) is 31.5 Å². The summed E-state index contributed by atoms with van der Waals surface area (Å²) in [5.74, 6) is 0.481. The van der Waals surface area contributed by atoms with Gasteiger partial charge in [0.1, 0.15) is 5.75 Å². The zero-order valence-electron chi connectivity index (χ0n) is 15.9. The molecule has 5 heteroatoms. The van der Waals surface area contributed by atoms with Crippen LogP contribution >= 0.6 is 0 Å². The van der Waals surface area contributed by atoms with E-state index < -0.39 is 0 Å². The van der Waals surface area contributed by atoms with Crippen molar-refractivity contribution in [3.8, 4) is 5.75 Å². The van der Waals surface area contributed by atoms with Crippen molar-refractivity contribution in [2.45, 2.75) is 26.7 Å². The number of nitrogens with zero attached hydrogens (tertiary/aromatic N) is 1. The van der Waals surface area contributed by atoms with Gasteiger partial charge in [0, 0.05) is 25.2 Å². The van der Waals surface area contributed by atoms with Gasteiger partial charge >= 0.3 is 0 Å². The molecular weight excluding hydrogens is 340 g/mol. The molecule has 0 radical (unpaired) electrons. The van der Waals surface area contributed by atoms with Gasteiger partial charge in [-0.2, -0.15) is 0 Å². The van der Waals surface area contributed by atoms with Crippen LogP contribution < -0.4 is 15.0 Å². The summed E-state index contributed by atoms with van der Waals surface area (Å²) >= 11 is 0. The molecule has 1 aliphatic heterocycles. The second-order valence-corrected chi connectivity index (χ2v) is 6.93. The van der Waals surface area contributed by atoms with Crippen molar-refractivity contribution in [2.75, 3.05) is 24.6 Å². The lowest BCUT2D eigenvalue weighted by molar-refractivity contribution is -0.126. The molecule has 0 aromatic heterocycles. The number of amides is 2. The lowest BCUT2D eigenvalue weighted by atomic mass is 10.1. The molecule has 0 saturated carbocycles. The third-order valence-corrected chi connectivity index (χ3v) is 4.99. The molecule has 0 spiro atoms. The molecule has 1 heterocycles. The number of rotatable bonds is 7. The highest BCUT2D eigenvalue weighted by Crippen LogP contribution is 2.29. The van der Waals surface area contributed by atoms with Crippen LogP contribution in [0.5, 0.6) is 5.75 Å². The number of aryl methyl sites for hydroxylation is 1. The highest BCUT2D eigenvalue weighted by molar-refractivity contribution is 6.00. The Kier molecular flexibility index (Phi) is 6.12. The molecule has 0 bridgehead atoms. The van der Waals surface area contributed by atoms with Crippen molar-refractivity contribution < 1.29 is 14.3 Å². The molecule has 1 unspecified atom stereocenters. The summed E-state index contributed by atoms with van der Waals surface area (Å²) in [6, 6.07) is 15.5.